The van der Waals surface area contributed by atoms with Crippen LogP contribution < -0.4 is 0 Å². The van der Waals surface area contributed by atoms with Gasteiger partial charge in [-0.15, -0.1) is 0 Å². The highest BCUT2D eigenvalue weighted by atomic mass is 16.7. The van der Waals surface area contributed by atoms with E-state index in [-0.39, 0.29) is 19.3 Å². The van der Waals surface area contributed by atoms with Crippen molar-refractivity contribution in [2.24, 2.45) is 5.92 Å². The molecular formula is C17H28O10. The number of carbonyl (C=O) groups is 2. The van der Waals surface area contributed by atoms with Crippen molar-refractivity contribution >= 4 is 11.9 Å². The highest BCUT2D eigenvalue weighted by Gasteiger charge is 2.55. The Labute approximate surface area is 156 Å². The number of hydrogen-bond acceptors (Lipinski definition) is 9. The second-order valence-corrected chi connectivity index (χ2v) is 7.86. The Morgan fingerprint density at radius 2 is 1.89 bits per heavy atom. The highest BCUT2D eigenvalue weighted by molar-refractivity contribution is 5.73. The fraction of sp³-hybridized carbons (Fsp3) is 0.882. The predicted octanol–water partition coefficient (Wildman–Crippen LogP) is -1.23. The van der Waals surface area contributed by atoms with Crippen molar-refractivity contribution in [1.82, 2.24) is 0 Å². The molecule has 0 bridgehead atoms. The molecule has 27 heavy (non-hydrogen) atoms. The molecule has 2 aliphatic rings. The first kappa shape index (κ1) is 22.0. The quantitative estimate of drug-likeness (QED) is 0.331. The number of aliphatic carboxylic acids is 1. The van der Waals surface area contributed by atoms with Crippen LogP contribution in [0.4, 0.5) is 0 Å². The monoisotopic (exact) mass is 392 g/mol. The Bertz CT molecular complexity index is 562. The predicted molar refractivity (Wildman–Crippen MR) is 88.4 cm³/mol. The van der Waals surface area contributed by atoms with Crippen molar-refractivity contribution in [3.05, 3.63) is 0 Å². The van der Waals surface area contributed by atoms with Gasteiger partial charge in [0.1, 0.15) is 30.0 Å². The zero-order chi connectivity index (χ0) is 20.6. The minimum Gasteiger partial charge on any atom is -0.481 e. The van der Waals surface area contributed by atoms with Gasteiger partial charge in [-0.1, -0.05) is 0 Å². The average molecular weight is 392 g/mol. The highest BCUT2D eigenvalue weighted by Crippen LogP contribution is 2.45. The van der Waals surface area contributed by atoms with Crippen molar-refractivity contribution in [2.45, 2.75) is 81.9 Å². The summed E-state index contributed by atoms with van der Waals surface area (Å²) in [6.07, 6.45) is -7.29. The van der Waals surface area contributed by atoms with E-state index in [9.17, 15) is 30.0 Å². The number of rotatable bonds is 7. The van der Waals surface area contributed by atoms with Crippen molar-refractivity contribution in [3.63, 3.8) is 0 Å². The maximum atomic E-state index is 11.9. The van der Waals surface area contributed by atoms with Gasteiger partial charge in [-0.25, -0.2) is 0 Å². The summed E-state index contributed by atoms with van der Waals surface area (Å²) in [5.74, 6) is -2.06. The lowest BCUT2D eigenvalue weighted by atomic mass is 9.75. The Kier molecular flexibility index (Phi) is 6.50. The lowest BCUT2D eigenvalue weighted by Crippen LogP contribution is -2.61. The Hall–Kier alpha value is -1.30. The van der Waals surface area contributed by atoms with Crippen LogP contribution in [0.25, 0.3) is 0 Å². The van der Waals surface area contributed by atoms with E-state index in [1.807, 2.05) is 0 Å². The van der Waals surface area contributed by atoms with Gasteiger partial charge in [0.05, 0.1) is 18.6 Å². The topological polar surface area (TPSA) is 163 Å². The van der Waals surface area contributed by atoms with Crippen LogP contribution in [-0.2, 0) is 23.8 Å². The molecule has 0 amide bonds. The summed E-state index contributed by atoms with van der Waals surface area (Å²) >= 11 is 0. The van der Waals surface area contributed by atoms with E-state index in [2.05, 4.69) is 0 Å². The molecule has 0 aromatic heterocycles. The first-order valence-corrected chi connectivity index (χ1v) is 8.83. The average Bonchev–Trinajstić information content (AvgIpc) is 2.89. The minimum absolute atomic E-state index is 0.0134. The maximum absolute atomic E-state index is 11.9. The summed E-state index contributed by atoms with van der Waals surface area (Å²) in [6, 6.07) is 0. The molecule has 0 aromatic carbocycles. The lowest BCUT2D eigenvalue weighted by molar-refractivity contribution is -0.331. The van der Waals surface area contributed by atoms with Crippen LogP contribution in [0.2, 0.25) is 0 Å². The van der Waals surface area contributed by atoms with Gasteiger partial charge in [0.15, 0.2) is 6.29 Å². The van der Waals surface area contributed by atoms with E-state index in [0.29, 0.717) is 0 Å². The van der Waals surface area contributed by atoms with Gasteiger partial charge in [-0.3, -0.25) is 9.59 Å². The molecule has 2 aliphatic heterocycles. The molecule has 0 aliphatic carbocycles. The second-order valence-electron chi connectivity index (χ2n) is 7.86. The number of aliphatic hydroxyl groups excluding tert-OH is 4. The largest absolute Gasteiger partial charge is 0.481 e. The third-order valence-corrected chi connectivity index (χ3v) is 5.40. The fourth-order valence-corrected chi connectivity index (χ4v) is 3.86. The standard InChI is InChI=1S/C17H28O10/c1-16(2,9-6-11(21)26-17(9,3)5-4-10(19)20)27-15-14(24)13(23)12(22)8(7-18)25-15/h8-9,12-15,18,22-24H,4-7H2,1-3H3,(H,19,20). The number of hydrogen-bond donors (Lipinski definition) is 5. The van der Waals surface area contributed by atoms with Crippen LogP contribution >= 0.6 is 0 Å². The van der Waals surface area contributed by atoms with Crippen molar-refractivity contribution in [1.29, 1.82) is 0 Å². The number of aliphatic hydroxyl groups is 4. The van der Waals surface area contributed by atoms with E-state index >= 15 is 0 Å². The van der Waals surface area contributed by atoms with Crippen LogP contribution in [0.3, 0.4) is 0 Å². The summed E-state index contributed by atoms with van der Waals surface area (Å²) in [6.45, 7) is 4.32. The molecule has 7 atom stereocenters. The Balaban J connectivity index is 2.18. The van der Waals surface area contributed by atoms with Crippen LogP contribution in [0.5, 0.6) is 0 Å². The fourth-order valence-electron chi connectivity index (χ4n) is 3.86. The van der Waals surface area contributed by atoms with Gasteiger partial charge in [-0.05, 0) is 27.2 Å². The number of ether oxygens (including phenoxy) is 3. The molecular weight excluding hydrogens is 364 g/mol. The Morgan fingerprint density at radius 3 is 2.44 bits per heavy atom. The van der Waals surface area contributed by atoms with Gasteiger partial charge < -0.3 is 39.7 Å². The summed E-state index contributed by atoms with van der Waals surface area (Å²) in [5, 5.41) is 48.2. The molecule has 2 heterocycles. The van der Waals surface area contributed by atoms with Crippen LogP contribution in [-0.4, -0.2) is 86.0 Å². The molecule has 5 N–H and O–H groups in total. The van der Waals surface area contributed by atoms with Crippen molar-refractivity contribution < 1.29 is 49.3 Å². The minimum atomic E-state index is -1.59. The van der Waals surface area contributed by atoms with E-state index in [0.717, 1.165) is 0 Å². The Morgan fingerprint density at radius 1 is 1.26 bits per heavy atom. The molecule has 0 aromatic rings. The van der Waals surface area contributed by atoms with Crippen LogP contribution in [0.1, 0.15) is 40.0 Å². The molecule has 2 fully saturated rings. The van der Waals surface area contributed by atoms with Gasteiger partial charge in [0.25, 0.3) is 0 Å². The smallest absolute Gasteiger partial charge is 0.306 e. The summed E-state index contributed by atoms with van der Waals surface area (Å²) in [5.41, 5.74) is -2.21. The van der Waals surface area contributed by atoms with Gasteiger partial charge in [-0.2, -0.15) is 0 Å². The van der Waals surface area contributed by atoms with Crippen molar-refractivity contribution in [3.8, 4) is 0 Å². The van der Waals surface area contributed by atoms with Crippen LogP contribution in [0.15, 0.2) is 0 Å². The third-order valence-electron chi connectivity index (χ3n) is 5.40. The number of cyclic esters (lactones) is 1. The molecule has 156 valence electrons. The zero-order valence-corrected chi connectivity index (χ0v) is 15.6. The first-order chi connectivity index (χ1) is 12.4. The normalized spacial score (nSPS) is 40.0. The van der Waals surface area contributed by atoms with Gasteiger partial charge >= 0.3 is 11.9 Å². The molecule has 7 unspecified atom stereocenters. The van der Waals surface area contributed by atoms with Crippen LogP contribution in [0, 0.1) is 5.92 Å². The summed E-state index contributed by atoms with van der Waals surface area (Å²) in [4.78, 5) is 22.8. The van der Waals surface area contributed by atoms with E-state index in [4.69, 9.17) is 19.3 Å². The number of carbonyl (C=O) groups excluding carboxylic acids is 1. The van der Waals surface area contributed by atoms with Gasteiger partial charge in [0, 0.05) is 12.3 Å². The third kappa shape index (κ3) is 4.58. The maximum Gasteiger partial charge on any atom is 0.306 e. The number of carboxylic acids is 1. The molecule has 2 saturated heterocycles. The van der Waals surface area contributed by atoms with E-state index in [1.54, 1.807) is 20.8 Å². The zero-order valence-electron chi connectivity index (χ0n) is 15.6. The molecule has 10 heteroatoms. The molecule has 10 nitrogen and oxygen atoms in total. The van der Waals surface area contributed by atoms with Crippen molar-refractivity contribution in [2.75, 3.05) is 6.61 Å². The lowest BCUT2D eigenvalue weighted by Gasteiger charge is -2.46. The molecule has 0 radical (unpaired) electrons. The van der Waals surface area contributed by atoms with E-state index in [1.165, 1.54) is 0 Å². The SMILES string of the molecule is CC(C)(OC1OC(CO)C(O)C(O)C1O)C1CC(=O)OC1(C)CCC(=O)O. The van der Waals surface area contributed by atoms with E-state index < -0.39 is 66.4 Å². The second kappa shape index (κ2) is 7.98. The molecule has 0 saturated carbocycles. The molecule has 2 rings (SSSR count). The number of carboxylic acid groups (broad SMARTS) is 1. The molecule has 0 spiro atoms. The summed E-state index contributed by atoms with van der Waals surface area (Å²) < 4.78 is 16.6. The number of esters is 1. The summed E-state index contributed by atoms with van der Waals surface area (Å²) in [7, 11) is 0. The van der Waals surface area contributed by atoms with Gasteiger partial charge in [0.2, 0.25) is 0 Å². The first-order valence-electron chi connectivity index (χ1n) is 8.83.